The zero-order chi connectivity index (χ0) is 26.4. The number of anilines is 1. The topological polar surface area (TPSA) is 107 Å². The molecule has 0 aromatic carbocycles. The zero-order valence-corrected chi connectivity index (χ0v) is 19.1. The molecule has 0 aliphatic carbocycles. The highest BCUT2D eigenvalue weighted by Gasteiger charge is 2.43. The Balaban J connectivity index is 0.000000257. The molecule has 2 fully saturated rings. The molecule has 2 N–H and O–H groups in total. The normalized spacial score (nSPS) is 19.8. The third-order valence-electron chi connectivity index (χ3n) is 5.19. The fraction of sp³-hybridized carbons (Fsp3) is 0.500. The van der Waals surface area contributed by atoms with E-state index in [1.165, 1.54) is 24.3 Å². The second kappa shape index (κ2) is 11.7. The molecule has 194 valence electrons. The molecular formula is C20H22F6N4O4S. The van der Waals surface area contributed by atoms with Crippen molar-refractivity contribution in [1.82, 2.24) is 15.1 Å². The van der Waals surface area contributed by atoms with Crippen LogP contribution in [0.15, 0.2) is 29.6 Å². The number of hydrogen-bond acceptors (Lipinski definition) is 7. The number of hydrogen-bond donors (Lipinski definition) is 2. The van der Waals surface area contributed by atoms with Crippen LogP contribution in [0.4, 0.5) is 32.2 Å². The highest BCUT2D eigenvalue weighted by atomic mass is 32.1. The van der Waals surface area contributed by atoms with Gasteiger partial charge in [0.05, 0.1) is 5.69 Å². The standard InChI is InChI=1S/C16H20N4S.2C2HF3O2/c1-12-4-5-16(18-17-12)20-9-7-14-15(20)6-8-19(14)11-13-3-2-10-21-13;2*3-2(4,5)1(6)7/h2-5,10,14-15H,6-9,11H2,1H3;2*(H,6,7)/t14-,15+;;/m1../s1. The molecule has 0 saturated carbocycles. The Kier molecular flexibility index (Phi) is 9.43. The summed E-state index contributed by atoms with van der Waals surface area (Å²) in [5.74, 6) is -4.47. The van der Waals surface area contributed by atoms with Gasteiger partial charge in [-0.15, -0.1) is 16.4 Å². The smallest absolute Gasteiger partial charge is 0.475 e. The van der Waals surface area contributed by atoms with Crippen molar-refractivity contribution in [3.8, 4) is 0 Å². The number of nitrogens with zero attached hydrogens (tertiary/aromatic N) is 4. The van der Waals surface area contributed by atoms with Gasteiger partial charge in [0.1, 0.15) is 0 Å². The lowest BCUT2D eigenvalue weighted by molar-refractivity contribution is -0.193. The van der Waals surface area contributed by atoms with Gasteiger partial charge in [-0.05, 0) is 43.3 Å². The van der Waals surface area contributed by atoms with Crippen LogP contribution in [0.1, 0.15) is 23.4 Å². The second-order valence-electron chi connectivity index (χ2n) is 7.59. The van der Waals surface area contributed by atoms with Gasteiger partial charge in [-0.3, -0.25) is 4.90 Å². The molecule has 2 aromatic heterocycles. The molecule has 0 amide bonds. The number of aryl methyl sites for hydroxylation is 1. The molecule has 0 unspecified atom stereocenters. The largest absolute Gasteiger partial charge is 0.490 e. The third-order valence-corrected chi connectivity index (χ3v) is 6.05. The van der Waals surface area contributed by atoms with Crippen LogP contribution in [0, 0.1) is 6.92 Å². The Labute approximate surface area is 199 Å². The summed E-state index contributed by atoms with van der Waals surface area (Å²) >= 11 is 1.87. The van der Waals surface area contributed by atoms with E-state index in [9.17, 15) is 26.3 Å². The number of fused-ring (bicyclic) bond motifs is 1. The first-order valence-electron chi connectivity index (χ1n) is 10.1. The van der Waals surface area contributed by atoms with Crippen molar-refractivity contribution in [3.63, 3.8) is 0 Å². The molecule has 2 aromatic rings. The second-order valence-corrected chi connectivity index (χ2v) is 8.63. The van der Waals surface area contributed by atoms with Crippen molar-refractivity contribution >= 4 is 29.1 Å². The van der Waals surface area contributed by atoms with E-state index in [1.807, 2.05) is 18.3 Å². The predicted molar refractivity (Wildman–Crippen MR) is 113 cm³/mol. The van der Waals surface area contributed by atoms with Crippen molar-refractivity contribution in [2.45, 2.75) is 50.7 Å². The predicted octanol–water partition coefficient (Wildman–Crippen LogP) is 3.97. The van der Waals surface area contributed by atoms with Gasteiger partial charge in [0, 0.05) is 36.6 Å². The minimum absolute atomic E-state index is 0.613. The number of alkyl halides is 6. The first kappa shape index (κ1) is 28.3. The summed E-state index contributed by atoms with van der Waals surface area (Å²) in [7, 11) is 0. The Hall–Kier alpha value is -2.94. The third kappa shape index (κ3) is 8.35. The summed E-state index contributed by atoms with van der Waals surface area (Å²) in [5.41, 5.74) is 0.986. The average Bonchev–Trinajstić information content (AvgIpc) is 3.48. The first-order valence-corrected chi connectivity index (χ1v) is 11.0. The highest BCUT2D eigenvalue weighted by molar-refractivity contribution is 7.09. The number of carbonyl (C=O) groups is 2. The molecule has 15 heteroatoms. The summed E-state index contributed by atoms with van der Waals surface area (Å²) < 4.78 is 63.5. The molecule has 2 aliphatic rings. The van der Waals surface area contributed by atoms with Crippen molar-refractivity contribution in [2.24, 2.45) is 0 Å². The molecule has 2 atom stereocenters. The molecule has 2 saturated heterocycles. The number of carboxylic acid groups (broad SMARTS) is 2. The zero-order valence-electron chi connectivity index (χ0n) is 18.3. The quantitative estimate of drug-likeness (QED) is 0.577. The van der Waals surface area contributed by atoms with Gasteiger partial charge in [-0.2, -0.15) is 31.4 Å². The highest BCUT2D eigenvalue weighted by Crippen LogP contribution is 2.35. The molecule has 8 nitrogen and oxygen atoms in total. The van der Waals surface area contributed by atoms with E-state index < -0.39 is 24.3 Å². The van der Waals surface area contributed by atoms with Gasteiger partial charge in [-0.25, -0.2) is 9.59 Å². The maximum Gasteiger partial charge on any atom is 0.490 e. The lowest BCUT2D eigenvalue weighted by atomic mass is 10.1. The van der Waals surface area contributed by atoms with Gasteiger partial charge in [-0.1, -0.05) is 6.07 Å². The number of carboxylic acids is 2. The summed E-state index contributed by atoms with van der Waals surface area (Å²) in [5, 5.41) is 25.0. The van der Waals surface area contributed by atoms with Gasteiger partial charge in [0.15, 0.2) is 5.82 Å². The first-order chi connectivity index (χ1) is 16.2. The van der Waals surface area contributed by atoms with Gasteiger partial charge in [0.2, 0.25) is 0 Å². The van der Waals surface area contributed by atoms with Gasteiger partial charge >= 0.3 is 24.3 Å². The van der Waals surface area contributed by atoms with Crippen LogP contribution in [0.3, 0.4) is 0 Å². The molecule has 2 aliphatic heterocycles. The minimum Gasteiger partial charge on any atom is -0.475 e. The van der Waals surface area contributed by atoms with Crippen LogP contribution in [0.5, 0.6) is 0 Å². The Morgan fingerprint density at radius 2 is 1.54 bits per heavy atom. The fourth-order valence-electron chi connectivity index (χ4n) is 3.70. The SMILES string of the molecule is Cc1ccc(N2CC[C@@H]3[C@@H]2CCN3Cc2cccs2)nn1.O=C(O)C(F)(F)F.O=C(O)C(F)(F)F. The molecule has 0 bridgehead atoms. The van der Waals surface area contributed by atoms with Crippen LogP contribution in [-0.4, -0.2) is 74.8 Å². The van der Waals surface area contributed by atoms with Crippen LogP contribution < -0.4 is 4.90 Å². The number of halogens is 6. The van der Waals surface area contributed by atoms with Crippen molar-refractivity contribution in [3.05, 3.63) is 40.2 Å². The summed E-state index contributed by atoms with van der Waals surface area (Å²) in [4.78, 5) is 24.4. The maximum absolute atomic E-state index is 10.6. The number of thiophene rings is 1. The van der Waals surface area contributed by atoms with E-state index in [0.29, 0.717) is 12.1 Å². The van der Waals surface area contributed by atoms with Crippen molar-refractivity contribution < 1.29 is 46.1 Å². The molecule has 4 heterocycles. The molecule has 35 heavy (non-hydrogen) atoms. The number of likely N-dealkylation sites (tertiary alicyclic amines) is 1. The van der Waals surface area contributed by atoms with Gasteiger partial charge < -0.3 is 15.1 Å². The van der Waals surface area contributed by atoms with E-state index in [2.05, 4.69) is 49.6 Å². The summed E-state index contributed by atoms with van der Waals surface area (Å²) in [6.45, 7) is 5.39. The van der Waals surface area contributed by atoms with Gasteiger partial charge in [0.25, 0.3) is 0 Å². The van der Waals surface area contributed by atoms with E-state index in [-0.39, 0.29) is 0 Å². The summed E-state index contributed by atoms with van der Waals surface area (Å²) in [6.07, 6.45) is -7.68. The van der Waals surface area contributed by atoms with E-state index in [0.717, 1.165) is 24.6 Å². The van der Waals surface area contributed by atoms with Crippen LogP contribution in [0.2, 0.25) is 0 Å². The minimum atomic E-state index is -5.08. The van der Waals surface area contributed by atoms with Crippen LogP contribution >= 0.6 is 11.3 Å². The molecule has 0 spiro atoms. The molecule has 4 rings (SSSR count). The van der Waals surface area contributed by atoms with Crippen LogP contribution in [0.25, 0.3) is 0 Å². The molecule has 0 radical (unpaired) electrons. The monoisotopic (exact) mass is 528 g/mol. The Bertz CT molecular complexity index is 945. The lowest BCUT2D eigenvalue weighted by Gasteiger charge is -2.25. The fourth-order valence-corrected chi connectivity index (χ4v) is 4.43. The number of aliphatic carboxylic acids is 2. The maximum atomic E-state index is 10.6. The Morgan fingerprint density at radius 3 is 2.00 bits per heavy atom. The van der Waals surface area contributed by atoms with E-state index in [4.69, 9.17) is 19.8 Å². The Morgan fingerprint density at radius 1 is 0.971 bits per heavy atom. The van der Waals surface area contributed by atoms with Crippen LogP contribution in [-0.2, 0) is 16.1 Å². The number of rotatable bonds is 3. The lowest BCUT2D eigenvalue weighted by Crippen LogP contribution is -2.36. The average molecular weight is 528 g/mol. The van der Waals surface area contributed by atoms with E-state index >= 15 is 0 Å². The van der Waals surface area contributed by atoms with Crippen molar-refractivity contribution in [1.29, 1.82) is 0 Å². The molecular weight excluding hydrogens is 506 g/mol. The number of aromatic nitrogens is 2. The van der Waals surface area contributed by atoms with Crippen molar-refractivity contribution in [2.75, 3.05) is 18.0 Å². The van der Waals surface area contributed by atoms with E-state index in [1.54, 1.807) is 0 Å². The summed E-state index contributed by atoms with van der Waals surface area (Å²) in [6, 6.07) is 9.87.